The number of hydrogen-bond acceptors (Lipinski definition) is 10. The smallest absolute Gasteiger partial charge is 0.199 e. The second kappa shape index (κ2) is 9.43. The molecule has 2 bridgehead atoms. The monoisotopic (exact) mass is 636 g/mol. The zero-order valence-electron chi connectivity index (χ0n) is 27.9. The van der Waals surface area contributed by atoms with Gasteiger partial charge >= 0.3 is 0 Å². The van der Waals surface area contributed by atoms with Crippen molar-refractivity contribution in [3.8, 4) is 0 Å². The molecule has 0 aromatic carbocycles. The molecule has 10 nitrogen and oxygen atoms in total. The van der Waals surface area contributed by atoms with Crippen LogP contribution in [0.5, 0.6) is 0 Å². The van der Waals surface area contributed by atoms with Crippen molar-refractivity contribution in [1.82, 2.24) is 0 Å². The summed E-state index contributed by atoms with van der Waals surface area (Å²) in [6, 6.07) is 0. The molecular formula is C35H56O10. The summed E-state index contributed by atoms with van der Waals surface area (Å²) < 4.78 is 25.6. The average molecular weight is 637 g/mol. The molecule has 0 aromatic rings. The van der Waals surface area contributed by atoms with Gasteiger partial charge < -0.3 is 49.6 Å². The lowest BCUT2D eigenvalue weighted by atomic mass is 9.40. The molecule has 3 heterocycles. The van der Waals surface area contributed by atoms with Gasteiger partial charge in [-0.15, -0.1) is 0 Å². The molecular weight excluding hydrogens is 580 g/mol. The lowest BCUT2D eigenvalue weighted by Crippen LogP contribution is -2.65. The van der Waals surface area contributed by atoms with Crippen molar-refractivity contribution >= 4 is 0 Å². The molecule has 0 radical (unpaired) electrons. The van der Waals surface area contributed by atoms with Gasteiger partial charge in [0.15, 0.2) is 12.1 Å². The van der Waals surface area contributed by atoms with Gasteiger partial charge in [-0.05, 0) is 92.8 Å². The Morgan fingerprint density at radius 1 is 0.822 bits per heavy atom. The van der Waals surface area contributed by atoms with Gasteiger partial charge in [0.25, 0.3) is 0 Å². The maximum Gasteiger partial charge on any atom is 0.199 e. The van der Waals surface area contributed by atoms with E-state index in [9.17, 15) is 30.6 Å². The fourth-order valence-corrected chi connectivity index (χ4v) is 13.7. The van der Waals surface area contributed by atoms with Crippen molar-refractivity contribution in [3.63, 3.8) is 0 Å². The highest BCUT2D eigenvalue weighted by Crippen LogP contribution is 2.86. The highest BCUT2D eigenvalue weighted by atomic mass is 16.8. The predicted molar refractivity (Wildman–Crippen MR) is 160 cm³/mol. The number of hydrogen-bond donors (Lipinski definition) is 6. The minimum atomic E-state index is -1.32. The summed E-state index contributed by atoms with van der Waals surface area (Å²) >= 11 is 0. The van der Waals surface area contributed by atoms with Gasteiger partial charge in [0, 0.05) is 16.7 Å². The molecule has 256 valence electrons. The fraction of sp³-hybridized carbons (Fsp3) is 1.00. The molecule has 8 fully saturated rings. The minimum absolute atomic E-state index is 0.0854. The molecule has 6 N–H and O–H groups in total. The predicted octanol–water partition coefficient (Wildman–Crippen LogP) is 1.95. The van der Waals surface area contributed by atoms with Crippen LogP contribution in [0.3, 0.4) is 0 Å². The minimum Gasteiger partial charge on any atom is -0.392 e. The van der Waals surface area contributed by atoms with Crippen LogP contribution in [-0.4, -0.2) is 104 Å². The summed E-state index contributed by atoms with van der Waals surface area (Å²) in [6.45, 7) is 14.5. The molecule has 3 aliphatic heterocycles. The van der Waals surface area contributed by atoms with Crippen LogP contribution in [0.25, 0.3) is 0 Å². The van der Waals surface area contributed by atoms with Gasteiger partial charge in [0.2, 0.25) is 0 Å². The van der Waals surface area contributed by atoms with Gasteiger partial charge in [-0.1, -0.05) is 34.6 Å². The molecule has 8 rings (SSSR count). The first-order chi connectivity index (χ1) is 20.9. The number of fused-ring (bicyclic) bond motifs is 5. The number of aliphatic hydroxyl groups excluding tert-OH is 5. The summed E-state index contributed by atoms with van der Waals surface area (Å²) in [5.41, 5.74) is -2.75. The third-order valence-corrected chi connectivity index (χ3v) is 15.7. The van der Waals surface area contributed by atoms with Gasteiger partial charge in [0.05, 0.1) is 30.5 Å². The van der Waals surface area contributed by atoms with E-state index in [-0.39, 0.29) is 53.3 Å². The topological polar surface area (TPSA) is 158 Å². The van der Waals surface area contributed by atoms with E-state index in [0.717, 1.165) is 38.5 Å². The summed E-state index contributed by atoms with van der Waals surface area (Å²) in [6.07, 6.45) is -2.12. The normalized spacial score (nSPS) is 62.7. The van der Waals surface area contributed by atoms with Gasteiger partial charge in [-0.3, -0.25) is 0 Å². The zero-order chi connectivity index (χ0) is 32.4. The van der Waals surface area contributed by atoms with E-state index in [2.05, 4.69) is 34.6 Å². The van der Waals surface area contributed by atoms with Crippen LogP contribution in [0.2, 0.25) is 0 Å². The van der Waals surface area contributed by atoms with Crippen LogP contribution in [0, 0.1) is 57.2 Å². The van der Waals surface area contributed by atoms with E-state index < -0.39 is 65.1 Å². The number of rotatable bonds is 3. The number of aliphatic hydroxyl groups is 6. The molecule has 3 saturated heterocycles. The van der Waals surface area contributed by atoms with E-state index in [1.807, 2.05) is 0 Å². The molecule has 5 saturated carbocycles. The Balaban J connectivity index is 1.12. The maximum atomic E-state index is 12.7. The third-order valence-electron chi connectivity index (χ3n) is 15.7. The maximum absolute atomic E-state index is 12.7. The first-order valence-corrected chi connectivity index (χ1v) is 17.6. The van der Waals surface area contributed by atoms with Crippen LogP contribution in [0.15, 0.2) is 0 Å². The van der Waals surface area contributed by atoms with Gasteiger partial charge in [-0.2, -0.15) is 0 Å². The summed E-state index contributed by atoms with van der Waals surface area (Å²) in [4.78, 5) is 0. The van der Waals surface area contributed by atoms with Crippen LogP contribution < -0.4 is 0 Å². The second-order valence-electron chi connectivity index (χ2n) is 18.2. The average Bonchev–Trinajstić information content (AvgIpc) is 3.56. The van der Waals surface area contributed by atoms with Crippen molar-refractivity contribution < 1.29 is 49.6 Å². The van der Waals surface area contributed by atoms with E-state index >= 15 is 0 Å². The summed E-state index contributed by atoms with van der Waals surface area (Å²) in [5, 5.41) is 67.1. The Bertz CT molecular complexity index is 1220. The van der Waals surface area contributed by atoms with Crippen molar-refractivity contribution in [2.24, 2.45) is 57.2 Å². The van der Waals surface area contributed by atoms with Crippen LogP contribution in [0.1, 0.15) is 87.0 Å². The Kier molecular flexibility index (Phi) is 6.67. The second-order valence-corrected chi connectivity index (χ2v) is 18.2. The molecule has 45 heavy (non-hydrogen) atoms. The highest BCUT2D eigenvalue weighted by molar-refractivity contribution is 5.35. The molecule has 2 spiro atoms. The molecule has 5 aliphatic carbocycles. The van der Waals surface area contributed by atoms with Crippen LogP contribution in [0.4, 0.5) is 0 Å². The fourth-order valence-electron chi connectivity index (χ4n) is 13.7. The van der Waals surface area contributed by atoms with E-state index in [0.29, 0.717) is 11.8 Å². The first kappa shape index (κ1) is 31.8. The molecule has 8 aliphatic rings. The lowest BCUT2D eigenvalue weighted by Gasteiger charge is -2.65. The summed E-state index contributed by atoms with van der Waals surface area (Å²) in [5.74, 6) is -0.309. The van der Waals surface area contributed by atoms with Crippen molar-refractivity contribution in [2.75, 3.05) is 6.61 Å². The zero-order valence-corrected chi connectivity index (χ0v) is 27.9. The summed E-state index contributed by atoms with van der Waals surface area (Å²) in [7, 11) is 0. The van der Waals surface area contributed by atoms with Crippen LogP contribution in [-0.2, 0) is 18.9 Å². The van der Waals surface area contributed by atoms with E-state index in [4.69, 9.17) is 18.9 Å². The Morgan fingerprint density at radius 3 is 2.20 bits per heavy atom. The Hall–Kier alpha value is -0.400. The molecule has 10 heteroatoms. The van der Waals surface area contributed by atoms with Crippen molar-refractivity contribution in [1.29, 1.82) is 0 Å². The SMILES string of the molecule is CC1CC2OC3(OC2C(C)(C)O)C(O)C2(C)C4CCC5C(CCC(OC6OCC(O)C(O)C6O)C5(C)C)C45CC5C(O)C2(C)C13. The van der Waals surface area contributed by atoms with E-state index in [1.54, 1.807) is 13.8 Å². The molecule has 0 aromatic heterocycles. The van der Waals surface area contributed by atoms with Crippen LogP contribution >= 0.6 is 0 Å². The largest absolute Gasteiger partial charge is 0.392 e. The van der Waals surface area contributed by atoms with Crippen molar-refractivity contribution in [2.45, 2.75) is 154 Å². The standard InChI is InChI=1S/C35H56O10/c1-15-12-20-27(31(4,5)41)45-35(44-20)25(15)33(7)26(39)18-13-34(18)17-9-11-22(43-28-24(38)23(37)19(36)14-42-28)30(2,3)16(17)8-10-21(34)32(33,6)29(35)40/h15-29,36-41H,8-14H2,1-7H3. The highest BCUT2D eigenvalue weighted by Gasteiger charge is 2.89. The molecule has 0 amide bonds. The third kappa shape index (κ3) is 3.61. The first-order valence-electron chi connectivity index (χ1n) is 17.6. The molecule has 19 atom stereocenters. The van der Waals surface area contributed by atoms with Gasteiger partial charge in [0.1, 0.15) is 30.5 Å². The van der Waals surface area contributed by atoms with Crippen molar-refractivity contribution in [3.05, 3.63) is 0 Å². The van der Waals surface area contributed by atoms with Gasteiger partial charge in [-0.25, -0.2) is 0 Å². The quantitative estimate of drug-likeness (QED) is 0.253. The Labute approximate surface area is 266 Å². The molecule has 19 unspecified atom stereocenters. The lowest BCUT2D eigenvalue weighted by molar-refractivity contribution is -0.304. The number of ether oxygens (including phenoxy) is 4. The Morgan fingerprint density at radius 2 is 1.51 bits per heavy atom. The van der Waals surface area contributed by atoms with E-state index in [1.165, 1.54) is 0 Å².